The van der Waals surface area contributed by atoms with Crippen molar-refractivity contribution >= 4 is 17.5 Å². The summed E-state index contributed by atoms with van der Waals surface area (Å²) >= 11 is 0. The molecule has 6 heteroatoms. The topological polar surface area (TPSA) is 76.9 Å². The Hall–Kier alpha value is -2.65. The molecule has 0 radical (unpaired) electrons. The molecule has 6 nitrogen and oxygen atoms in total. The molecule has 1 aromatic carbocycles. The van der Waals surface area contributed by atoms with Gasteiger partial charge in [-0.05, 0) is 71.8 Å². The van der Waals surface area contributed by atoms with Crippen LogP contribution in [0.2, 0.25) is 0 Å². The summed E-state index contributed by atoms with van der Waals surface area (Å²) in [6.07, 6.45) is 3.84. The third-order valence-electron chi connectivity index (χ3n) is 5.56. The number of rotatable bonds is 4. The minimum absolute atomic E-state index is 0.116. The normalized spacial score (nSPS) is 19.3. The monoisotopic (exact) mass is 364 g/mol. The highest BCUT2D eigenvalue weighted by atomic mass is 15.3. The third-order valence-corrected chi connectivity index (χ3v) is 5.56. The lowest BCUT2D eigenvalue weighted by molar-refractivity contribution is -0.00772. The molecule has 2 N–H and O–H groups in total. The van der Waals surface area contributed by atoms with Crippen molar-refractivity contribution in [3.05, 3.63) is 42.1 Å². The van der Waals surface area contributed by atoms with Gasteiger partial charge in [-0.25, -0.2) is 4.98 Å². The van der Waals surface area contributed by atoms with Crippen LogP contribution < -0.4 is 10.6 Å². The Balaban J connectivity index is 1.73. The van der Waals surface area contributed by atoms with Crippen molar-refractivity contribution in [1.29, 1.82) is 5.26 Å². The van der Waals surface area contributed by atoms with Gasteiger partial charge >= 0.3 is 0 Å². The van der Waals surface area contributed by atoms with Crippen molar-refractivity contribution < 1.29 is 0 Å². The zero-order chi connectivity index (χ0) is 19.7. The molecule has 2 aromatic rings. The number of hydrogen-bond donors (Lipinski definition) is 2. The molecule has 0 saturated carbocycles. The summed E-state index contributed by atoms with van der Waals surface area (Å²) in [5.41, 5.74) is 1.63. The molecule has 1 aromatic heterocycles. The van der Waals surface area contributed by atoms with Gasteiger partial charge in [-0.15, -0.1) is 0 Å². The average molecular weight is 364 g/mol. The summed E-state index contributed by atoms with van der Waals surface area (Å²) in [7, 11) is 2.21. The number of aromatic nitrogens is 2. The number of benzene rings is 1. The average Bonchev–Trinajstić information content (AvgIpc) is 2.59. The largest absolute Gasteiger partial charge is 0.367 e. The molecule has 0 unspecified atom stereocenters. The van der Waals surface area contributed by atoms with Gasteiger partial charge in [0, 0.05) is 29.0 Å². The van der Waals surface area contributed by atoms with E-state index in [1.807, 2.05) is 18.2 Å². The van der Waals surface area contributed by atoms with Gasteiger partial charge in [-0.3, -0.25) is 4.90 Å². The lowest BCUT2D eigenvalue weighted by Gasteiger charge is -2.53. The van der Waals surface area contributed by atoms with Crippen molar-refractivity contribution in [2.75, 3.05) is 17.7 Å². The van der Waals surface area contributed by atoms with Gasteiger partial charge in [0.05, 0.1) is 11.6 Å². The molecule has 1 aliphatic rings. The highest BCUT2D eigenvalue weighted by Crippen LogP contribution is 2.37. The van der Waals surface area contributed by atoms with Crippen molar-refractivity contribution in [3.8, 4) is 6.07 Å². The van der Waals surface area contributed by atoms with Gasteiger partial charge in [-0.1, -0.05) is 6.07 Å². The van der Waals surface area contributed by atoms with E-state index < -0.39 is 0 Å². The fourth-order valence-corrected chi connectivity index (χ4v) is 3.98. The maximum absolute atomic E-state index is 9.04. The lowest BCUT2D eigenvalue weighted by atomic mass is 9.77. The van der Waals surface area contributed by atoms with Crippen LogP contribution in [0.5, 0.6) is 0 Å². The van der Waals surface area contributed by atoms with E-state index in [-0.39, 0.29) is 11.1 Å². The van der Waals surface area contributed by atoms with Crippen molar-refractivity contribution in [2.45, 2.75) is 57.7 Å². The summed E-state index contributed by atoms with van der Waals surface area (Å²) in [6.45, 7) is 9.16. The summed E-state index contributed by atoms with van der Waals surface area (Å²) in [5.74, 6) is 1.33. The molecule has 0 atom stereocenters. The fourth-order valence-electron chi connectivity index (χ4n) is 3.98. The molecule has 1 fully saturated rings. The van der Waals surface area contributed by atoms with Crippen LogP contribution in [-0.2, 0) is 0 Å². The number of piperidine rings is 1. The maximum Gasteiger partial charge on any atom is 0.229 e. The van der Waals surface area contributed by atoms with E-state index >= 15 is 0 Å². The molecule has 0 aliphatic carbocycles. The second kappa shape index (κ2) is 7.16. The number of nitrogens with zero attached hydrogens (tertiary/aromatic N) is 4. The van der Waals surface area contributed by atoms with Crippen LogP contribution in [0.4, 0.5) is 17.5 Å². The van der Waals surface area contributed by atoms with Crippen LogP contribution in [-0.4, -0.2) is 39.0 Å². The Bertz CT molecular complexity index is 834. The Labute approximate surface area is 161 Å². The molecule has 142 valence electrons. The Morgan fingerprint density at radius 2 is 1.85 bits per heavy atom. The molecular weight excluding hydrogens is 336 g/mol. The van der Waals surface area contributed by atoms with Gasteiger partial charge in [-0.2, -0.15) is 10.2 Å². The predicted octanol–water partition coefficient (Wildman–Crippen LogP) is 4.16. The van der Waals surface area contributed by atoms with Gasteiger partial charge < -0.3 is 10.6 Å². The summed E-state index contributed by atoms with van der Waals surface area (Å²) < 4.78 is 0. The molecular formula is C21H28N6. The molecule has 0 bridgehead atoms. The van der Waals surface area contributed by atoms with Gasteiger partial charge in [0.1, 0.15) is 5.82 Å². The van der Waals surface area contributed by atoms with Crippen LogP contribution in [0.15, 0.2) is 36.5 Å². The number of nitriles is 1. The predicted molar refractivity (Wildman–Crippen MR) is 109 cm³/mol. The van der Waals surface area contributed by atoms with Crippen LogP contribution >= 0.6 is 0 Å². The van der Waals surface area contributed by atoms with E-state index in [4.69, 9.17) is 5.26 Å². The first kappa shape index (κ1) is 19.1. The maximum atomic E-state index is 9.04. The highest BCUT2D eigenvalue weighted by molar-refractivity contribution is 5.57. The van der Waals surface area contributed by atoms with Crippen LogP contribution in [0, 0.1) is 11.3 Å². The second-order valence-corrected chi connectivity index (χ2v) is 8.52. The summed E-state index contributed by atoms with van der Waals surface area (Å²) in [5, 5.41) is 15.8. The van der Waals surface area contributed by atoms with E-state index in [1.165, 1.54) is 0 Å². The van der Waals surface area contributed by atoms with E-state index in [0.29, 0.717) is 17.6 Å². The minimum Gasteiger partial charge on any atom is -0.367 e. The molecule has 1 saturated heterocycles. The Morgan fingerprint density at radius 3 is 2.52 bits per heavy atom. The lowest BCUT2D eigenvalue weighted by Crippen LogP contribution is -2.61. The number of anilines is 3. The van der Waals surface area contributed by atoms with Crippen molar-refractivity contribution in [2.24, 2.45) is 0 Å². The van der Waals surface area contributed by atoms with E-state index in [1.54, 1.807) is 18.3 Å². The molecule has 2 heterocycles. The highest BCUT2D eigenvalue weighted by Gasteiger charge is 2.43. The van der Waals surface area contributed by atoms with E-state index in [0.717, 1.165) is 24.3 Å². The van der Waals surface area contributed by atoms with Gasteiger partial charge in [0.25, 0.3) is 0 Å². The third kappa shape index (κ3) is 4.37. The Morgan fingerprint density at radius 1 is 1.15 bits per heavy atom. The fraction of sp³-hybridized carbons (Fsp3) is 0.476. The molecule has 1 aliphatic heterocycles. The van der Waals surface area contributed by atoms with Crippen LogP contribution in [0.25, 0.3) is 0 Å². The second-order valence-electron chi connectivity index (χ2n) is 8.52. The first-order chi connectivity index (χ1) is 12.7. The number of likely N-dealkylation sites (tertiary alicyclic amines) is 1. The smallest absolute Gasteiger partial charge is 0.229 e. The zero-order valence-electron chi connectivity index (χ0n) is 16.7. The number of nitrogens with one attached hydrogen (secondary N) is 2. The first-order valence-corrected chi connectivity index (χ1v) is 9.30. The van der Waals surface area contributed by atoms with Crippen LogP contribution in [0.1, 0.15) is 46.1 Å². The standard InChI is InChI=1S/C21H28N6/c1-20(2)12-17(13-21(3,4)27(20)5)24-18-9-10-23-19(26-18)25-16-8-6-7-15(11-16)14-22/h6-11,17H,12-13H2,1-5H3,(H2,23,24,25,26). The SMILES string of the molecule is CN1C(C)(C)CC(Nc2ccnc(Nc3cccc(C#N)c3)n2)CC1(C)C. The molecule has 0 spiro atoms. The zero-order valence-corrected chi connectivity index (χ0v) is 16.7. The van der Waals surface area contributed by atoms with Crippen molar-refractivity contribution in [1.82, 2.24) is 14.9 Å². The summed E-state index contributed by atoms with van der Waals surface area (Å²) in [4.78, 5) is 11.4. The Kier molecular flexibility index (Phi) is 5.07. The molecule has 27 heavy (non-hydrogen) atoms. The van der Waals surface area contributed by atoms with E-state index in [9.17, 15) is 0 Å². The minimum atomic E-state index is 0.116. The van der Waals surface area contributed by atoms with E-state index in [2.05, 4.69) is 66.3 Å². The van der Waals surface area contributed by atoms with Gasteiger partial charge in [0.15, 0.2) is 0 Å². The number of hydrogen-bond acceptors (Lipinski definition) is 6. The molecule has 3 rings (SSSR count). The van der Waals surface area contributed by atoms with Crippen molar-refractivity contribution in [3.63, 3.8) is 0 Å². The first-order valence-electron chi connectivity index (χ1n) is 9.30. The summed E-state index contributed by atoms with van der Waals surface area (Å²) in [6, 6.07) is 11.7. The van der Waals surface area contributed by atoms with Gasteiger partial charge in [0.2, 0.25) is 5.95 Å². The molecule has 0 amide bonds. The quantitative estimate of drug-likeness (QED) is 0.848. The van der Waals surface area contributed by atoms with Crippen LogP contribution in [0.3, 0.4) is 0 Å².